The Morgan fingerprint density at radius 3 is 2.85 bits per heavy atom. The lowest BCUT2D eigenvalue weighted by Gasteiger charge is -2.28. The number of hydrogen-bond donors (Lipinski definition) is 1. The molecular formula is C26H31N5O2S. The summed E-state index contributed by atoms with van der Waals surface area (Å²) in [7, 11) is 0. The van der Waals surface area contributed by atoms with E-state index in [1.807, 2.05) is 0 Å². The first kappa shape index (κ1) is 22.9. The number of carbonyl (C=O) groups excluding carboxylic acids is 1. The van der Waals surface area contributed by atoms with Gasteiger partial charge in [-0.15, -0.1) is 10.2 Å². The summed E-state index contributed by atoms with van der Waals surface area (Å²) in [5.74, 6) is 1.13. The lowest BCUT2D eigenvalue weighted by molar-refractivity contribution is -0.119. The molecule has 0 radical (unpaired) electrons. The SMILES string of the molecule is CCc1cccc(-n2c(SCC(=O)NC3CCCc4ccccc43)nnc2N2CCOCC2)c1. The molecule has 1 unspecified atom stereocenters. The number of rotatable bonds is 7. The van der Waals surface area contributed by atoms with E-state index in [0.29, 0.717) is 19.0 Å². The average Bonchev–Trinajstić information content (AvgIpc) is 3.32. The molecule has 0 bridgehead atoms. The smallest absolute Gasteiger partial charge is 0.232 e. The molecule has 5 rings (SSSR count). The molecule has 1 aliphatic heterocycles. The summed E-state index contributed by atoms with van der Waals surface area (Å²) in [5.41, 5.74) is 4.87. The Kier molecular flexibility index (Phi) is 7.16. The van der Waals surface area contributed by atoms with E-state index in [1.165, 1.54) is 28.5 Å². The Morgan fingerprint density at radius 2 is 2.00 bits per heavy atom. The van der Waals surface area contributed by atoms with E-state index in [9.17, 15) is 4.79 Å². The minimum absolute atomic E-state index is 0.0245. The second-order valence-corrected chi connectivity index (χ2v) is 9.68. The number of nitrogens with one attached hydrogen (secondary N) is 1. The zero-order valence-electron chi connectivity index (χ0n) is 19.6. The number of thioether (sulfide) groups is 1. The largest absolute Gasteiger partial charge is 0.378 e. The van der Waals surface area contributed by atoms with Crippen LogP contribution in [0.25, 0.3) is 5.69 Å². The molecular weight excluding hydrogens is 446 g/mol. The molecule has 1 aliphatic carbocycles. The van der Waals surface area contributed by atoms with Gasteiger partial charge in [-0.1, -0.05) is 55.1 Å². The maximum Gasteiger partial charge on any atom is 0.232 e. The fourth-order valence-corrected chi connectivity index (χ4v) is 5.49. The molecule has 2 heterocycles. The van der Waals surface area contributed by atoms with Gasteiger partial charge in [-0.2, -0.15) is 0 Å². The molecule has 178 valence electrons. The quantitative estimate of drug-likeness (QED) is 0.520. The lowest BCUT2D eigenvalue weighted by atomic mass is 9.88. The first-order valence-corrected chi connectivity index (χ1v) is 13.1. The van der Waals surface area contributed by atoms with Gasteiger partial charge in [0.1, 0.15) is 0 Å². The van der Waals surface area contributed by atoms with E-state index in [-0.39, 0.29) is 11.9 Å². The van der Waals surface area contributed by atoms with E-state index in [1.54, 1.807) is 0 Å². The molecule has 2 aliphatic rings. The van der Waals surface area contributed by atoms with Gasteiger partial charge >= 0.3 is 0 Å². The molecule has 7 nitrogen and oxygen atoms in total. The van der Waals surface area contributed by atoms with Crippen molar-refractivity contribution >= 4 is 23.6 Å². The number of amides is 1. The van der Waals surface area contributed by atoms with Gasteiger partial charge < -0.3 is 15.0 Å². The summed E-state index contributed by atoms with van der Waals surface area (Å²) in [6, 6.07) is 17.0. The molecule has 1 N–H and O–H groups in total. The first-order valence-electron chi connectivity index (χ1n) is 12.1. The molecule has 1 fully saturated rings. The summed E-state index contributed by atoms with van der Waals surface area (Å²) in [4.78, 5) is 15.1. The van der Waals surface area contributed by atoms with Crippen molar-refractivity contribution in [3.05, 3.63) is 65.2 Å². The number of benzene rings is 2. The Bertz CT molecular complexity index is 1140. The highest BCUT2D eigenvalue weighted by atomic mass is 32.2. The van der Waals surface area contributed by atoms with E-state index in [0.717, 1.165) is 55.6 Å². The summed E-state index contributed by atoms with van der Waals surface area (Å²) in [6.07, 6.45) is 4.12. The third-order valence-corrected chi connectivity index (χ3v) is 7.45. The van der Waals surface area contributed by atoms with Gasteiger partial charge in [-0.25, -0.2) is 0 Å². The number of morpholine rings is 1. The maximum atomic E-state index is 12.9. The molecule has 34 heavy (non-hydrogen) atoms. The van der Waals surface area contributed by atoms with Crippen molar-refractivity contribution in [1.29, 1.82) is 0 Å². The van der Waals surface area contributed by atoms with Crippen LogP contribution in [0.4, 0.5) is 5.95 Å². The second kappa shape index (κ2) is 10.6. The van der Waals surface area contributed by atoms with Crippen LogP contribution in [-0.4, -0.2) is 52.7 Å². The number of hydrogen-bond acceptors (Lipinski definition) is 6. The van der Waals surface area contributed by atoms with E-state index >= 15 is 0 Å². The molecule has 1 amide bonds. The molecule has 3 aromatic rings. The van der Waals surface area contributed by atoms with Crippen molar-refractivity contribution in [2.24, 2.45) is 0 Å². The van der Waals surface area contributed by atoms with Gasteiger partial charge in [0.2, 0.25) is 11.9 Å². The van der Waals surface area contributed by atoms with Gasteiger partial charge in [0, 0.05) is 13.1 Å². The van der Waals surface area contributed by atoms with Crippen LogP contribution in [0.1, 0.15) is 42.5 Å². The van der Waals surface area contributed by atoms with Crippen LogP contribution in [0.2, 0.25) is 0 Å². The lowest BCUT2D eigenvalue weighted by Crippen LogP contribution is -2.38. The highest BCUT2D eigenvalue weighted by molar-refractivity contribution is 7.99. The molecule has 8 heteroatoms. The summed E-state index contributed by atoms with van der Waals surface area (Å²) in [5, 5.41) is 13.0. The normalized spacial score (nSPS) is 17.9. The van der Waals surface area contributed by atoms with Crippen LogP contribution in [0.3, 0.4) is 0 Å². The molecule has 1 atom stereocenters. The minimum atomic E-state index is 0.0245. The monoisotopic (exact) mass is 477 g/mol. The molecule has 0 saturated carbocycles. The number of anilines is 1. The topological polar surface area (TPSA) is 72.3 Å². The van der Waals surface area contributed by atoms with Gasteiger partial charge in [0.15, 0.2) is 5.16 Å². The number of aryl methyl sites for hydroxylation is 2. The van der Waals surface area contributed by atoms with Gasteiger partial charge in [-0.3, -0.25) is 9.36 Å². The predicted molar refractivity (Wildman–Crippen MR) is 135 cm³/mol. The number of ether oxygens (including phenoxy) is 1. The third kappa shape index (κ3) is 4.98. The highest BCUT2D eigenvalue weighted by Crippen LogP contribution is 2.31. The minimum Gasteiger partial charge on any atom is -0.378 e. The molecule has 1 saturated heterocycles. The fraction of sp³-hybridized carbons (Fsp3) is 0.423. The Hall–Kier alpha value is -2.84. The first-order chi connectivity index (χ1) is 16.7. The van der Waals surface area contributed by atoms with Gasteiger partial charge in [-0.05, 0) is 54.5 Å². The van der Waals surface area contributed by atoms with Crippen LogP contribution < -0.4 is 10.2 Å². The third-order valence-electron chi connectivity index (χ3n) is 6.52. The average molecular weight is 478 g/mol. The maximum absolute atomic E-state index is 12.9. The van der Waals surface area contributed by atoms with E-state index in [4.69, 9.17) is 4.74 Å². The van der Waals surface area contributed by atoms with Crippen LogP contribution in [-0.2, 0) is 22.4 Å². The molecule has 2 aromatic carbocycles. The van der Waals surface area contributed by atoms with Crippen LogP contribution in [0.15, 0.2) is 53.7 Å². The fourth-order valence-electron chi connectivity index (χ4n) is 4.74. The van der Waals surface area contributed by atoms with Crippen molar-refractivity contribution in [3.63, 3.8) is 0 Å². The Labute approximate surface area is 204 Å². The predicted octanol–water partition coefficient (Wildman–Crippen LogP) is 3.95. The standard InChI is InChI=1S/C26H31N5O2S/c1-2-19-7-5-10-21(17-19)31-25(30-13-15-33-16-14-30)28-29-26(31)34-18-24(32)27-23-12-6-9-20-8-3-4-11-22(20)23/h3-5,7-8,10-11,17,23H,2,6,9,12-16,18H2,1H3,(H,27,32). The number of carbonyl (C=O) groups is 1. The zero-order valence-corrected chi connectivity index (χ0v) is 20.4. The van der Waals surface area contributed by atoms with Gasteiger partial charge in [0.05, 0.1) is 30.7 Å². The summed E-state index contributed by atoms with van der Waals surface area (Å²) >= 11 is 1.44. The Morgan fingerprint density at radius 1 is 1.15 bits per heavy atom. The van der Waals surface area contributed by atoms with Crippen molar-refractivity contribution < 1.29 is 9.53 Å². The van der Waals surface area contributed by atoms with Crippen molar-refractivity contribution in [2.75, 3.05) is 37.0 Å². The van der Waals surface area contributed by atoms with Crippen molar-refractivity contribution in [3.8, 4) is 5.69 Å². The molecule has 0 spiro atoms. The number of fused-ring (bicyclic) bond motifs is 1. The van der Waals surface area contributed by atoms with Crippen LogP contribution in [0.5, 0.6) is 0 Å². The Balaban J connectivity index is 1.34. The van der Waals surface area contributed by atoms with Crippen LogP contribution >= 0.6 is 11.8 Å². The van der Waals surface area contributed by atoms with Gasteiger partial charge in [0.25, 0.3) is 0 Å². The second-order valence-electron chi connectivity index (χ2n) is 8.74. The summed E-state index contributed by atoms with van der Waals surface area (Å²) < 4.78 is 7.61. The van der Waals surface area contributed by atoms with Crippen LogP contribution in [0, 0.1) is 0 Å². The number of nitrogens with zero attached hydrogens (tertiary/aromatic N) is 4. The zero-order chi connectivity index (χ0) is 23.3. The van der Waals surface area contributed by atoms with E-state index < -0.39 is 0 Å². The highest BCUT2D eigenvalue weighted by Gasteiger charge is 2.24. The number of aromatic nitrogens is 3. The van der Waals surface area contributed by atoms with Crippen molar-refractivity contribution in [1.82, 2.24) is 20.1 Å². The van der Waals surface area contributed by atoms with E-state index in [2.05, 4.69) is 80.4 Å². The molecule has 1 aromatic heterocycles. The van der Waals surface area contributed by atoms with Crippen molar-refractivity contribution in [2.45, 2.75) is 43.8 Å². The summed E-state index contributed by atoms with van der Waals surface area (Å²) in [6.45, 7) is 5.05.